The van der Waals surface area contributed by atoms with Gasteiger partial charge in [-0.1, -0.05) is 12.1 Å². The van der Waals surface area contributed by atoms with Crippen molar-refractivity contribution in [1.82, 2.24) is 10.3 Å². The zero-order valence-electron chi connectivity index (χ0n) is 14.6. The van der Waals surface area contributed by atoms with Crippen LogP contribution in [0, 0.1) is 0 Å². The Morgan fingerprint density at radius 1 is 1.15 bits per heavy atom. The van der Waals surface area contributed by atoms with Crippen molar-refractivity contribution in [3.8, 4) is 5.75 Å². The number of benzene rings is 2. The number of ether oxygens (including phenoxy) is 1. The highest BCUT2D eigenvalue weighted by molar-refractivity contribution is 6.07. The molecule has 2 aromatic carbocycles. The zero-order chi connectivity index (χ0) is 18.8. The molecule has 1 fully saturated rings. The van der Waals surface area contributed by atoms with E-state index in [2.05, 4.69) is 10.3 Å². The molecule has 0 radical (unpaired) electrons. The lowest BCUT2D eigenvalue weighted by atomic mass is 10.0. The van der Waals surface area contributed by atoms with Crippen molar-refractivity contribution < 1.29 is 14.3 Å². The van der Waals surface area contributed by atoms with Gasteiger partial charge in [0.1, 0.15) is 18.1 Å². The third-order valence-corrected chi connectivity index (χ3v) is 4.49. The van der Waals surface area contributed by atoms with Crippen LogP contribution in [0.5, 0.6) is 5.75 Å². The standard InChI is InChI=1S/C21H19N3O3/c22-20(25)19-10-13(8-9-23-19)12-27-16-6-7-17-14(11-16)2-1-3-18(17)21(26)24-15-4-5-15/h1-3,6-11,15H,4-5,12H2,(H2,22,25)(H,24,26). The topological polar surface area (TPSA) is 94.3 Å². The van der Waals surface area contributed by atoms with Gasteiger partial charge in [-0.25, -0.2) is 0 Å². The van der Waals surface area contributed by atoms with E-state index in [-0.39, 0.29) is 18.2 Å². The molecule has 1 heterocycles. The van der Waals surface area contributed by atoms with Crippen molar-refractivity contribution in [1.29, 1.82) is 0 Å². The first-order chi connectivity index (χ1) is 13.1. The van der Waals surface area contributed by atoms with Crippen molar-refractivity contribution in [2.45, 2.75) is 25.5 Å². The summed E-state index contributed by atoms with van der Waals surface area (Å²) in [5.74, 6) is 0.0757. The predicted octanol–water partition coefficient (Wildman–Crippen LogP) is 2.80. The lowest BCUT2D eigenvalue weighted by Crippen LogP contribution is -2.25. The van der Waals surface area contributed by atoms with Crippen LogP contribution in [0.25, 0.3) is 10.8 Å². The van der Waals surface area contributed by atoms with Crippen LogP contribution in [0.2, 0.25) is 0 Å². The fourth-order valence-corrected chi connectivity index (χ4v) is 2.91. The number of hydrogen-bond donors (Lipinski definition) is 2. The van der Waals surface area contributed by atoms with E-state index in [0.29, 0.717) is 17.4 Å². The van der Waals surface area contributed by atoms with Gasteiger partial charge in [-0.2, -0.15) is 0 Å². The minimum atomic E-state index is -0.570. The molecule has 3 N–H and O–H groups in total. The fourth-order valence-electron chi connectivity index (χ4n) is 2.91. The minimum absolute atomic E-state index is 0.0347. The highest BCUT2D eigenvalue weighted by atomic mass is 16.5. The minimum Gasteiger partial charge on any atom is -0.489 e. The van der Waals surface area contributed by atoms with Gasteiger partial charge in [-0.05, 0) is 65.6 Å². The first kappa shape index (κ1) is 17.0. The van der Waals surface area contributed by atoms with Gasteiger partial charge < -0.3 is 15.8 Å². The Kier molecular flexibility index (Phi) is 4.46. The van der Waals surface area contributed by atoms with E-state index >= 15 is 0 Å². The number of fused-ring (bicyclic) bond motifs is 1. The van der Waals surface area contributed by atoms with Crippen LogP contribution in [0.4, 0.5) is 0 Å². The third-order valence-electron chi connectivity index (χ3n) is 4.49. The number of aromatic nitrogens is 1. The maximum atomic E-state index is 12.4. The Morgan fingerprint density at radius 3 is 2.78 bits per heavy atom. The van der Waals surface area contributed by atoms with Gasteiger partial charge in [-0.15, -0.1) is 0 Å². The third kappa shape index (κ3) is 3.89. The van der Waals surface area contributed by atoms with Gasteiger partial charge in [0.25, 0.3) is 11.8 Å². The average molecular weight is 361 g/mol. The number of primary amides is 1. The summed E-state index contributed by atoms with van der Waals surface area (Å²) in [5.41, 5.74) is 6.93. The summed E-state index contributed by atoms with van der Waals surface area (Å²) in [7, 11) is 0. The van der Waals surface area contributed by atoms with Gasteiger partial charge in [0, 0.05) is 17.8 Å². The molecule has 0 unspecified atom stereocenters. The highest BCUT2D eigenvalue weighted by Gasteiger charge is 2.24. The van der Waals surface area contributed by atoms with Crippen LogP contribution >= 0.6 is 0 Å². The normalized spacial score (nSPS) is 13.3. The molecule has 1 aliphatic carbocycles. The average Bonchev–Trinajstić information content (AvgIpc) is 3.49. The van der Waals surface area contributed by atoms with Crippen LogP contribution < -0.4 is 15.8 Å². The number of rotatable bonds is 6. The molecule has 0 atom stereocenters. The van der Waals surface area contributed by atoms with Crippen LogP contribution in [0.3, 0.4) is 0 Å². The molecule has 0 aliphatic heterocycles. The maximum absolute atomic E-state index is 12.4. The molecule has 6 heteroatoms. The lowest BCUT2D eigenvalue weighted by Gasteiger charge is -2.10. The first-order valence-corrected chi connectivity index (χ1v) is 8.81. The molecule has 1 aliphatic rings. The van der Waals surface area contributed by atoms with Crippen LogP contribution in [-0.4, -0.2) is 22.8 Å². The second-order valence-corrected chi connectivity index (χ2v) is 6.64. The maximum Gasteiger partial charge on any atom is 0.267 e. The Labute approximate surface area is 156 Å². The number of amides is 2. The summed E-state index contributed by atoms with van der Waals surface area (Å²) in [6.07, 6.45) is 3.64. The molecule has 6 nitrogen and oxygen atoms in total. The molecular weight excluding hydrogens is 342 g/mol. The second kappa shape index (κ2) is 7.07. The molecule has 2 amide bonds. The fraction of sp³-hybridized carbons (Fsp3) is 0.190. The summed E-state index contributed by atoms with van der Waals surface area (Å²) < 4.78 is 5.83. The van der Waals surface area contributed by atoms with Crippen molar-refractivity contribution >= 4 is 22.6 Å². The van der Waals surface area contributed by atoms with Crippen LogP contribution in [0.15, 0.2) is 54.7 Å². The van der Waals surface area contributed by atoms with E-state index in [1.807, 2.05) is 36.4 Å². The summed E-state index contributed by atoms with van der Waals surface area (Å²) in [6, 6.07) is 15.0. The molecule has 136 valence electrons. The Hall–Kier alpha value is -3.41. The predicted molar refractivity (Wildman–Crippen MR) is 102 cm³/mol. The summed E-state index contributed by atoms with van der Waals surface area (Å²) >= 11 is 0. The van der Waals surface area contributed by atoms with Gasteiger partial charge in [0.15, 0.2) is 0 Å². The smallest absolute Gasteiger partial charge is 0.267 e. The van der Waals surface area contributed by atoms with E-state index in [1.165, 1.54) is 6.20 Å². The monoisotopic (exact) mass is 361 g/mol. The van der Waals surface area contributed by atoms with Crippen molar-refractivity contribution in [2.75, 3.05) is 0 Å². The Morgan fingerprint density at radius 2 is 2.00 bits per heavy atom. The van der Waals surface area contributed by atoms with E-state index < -0.39 is 5.91 Å². The van der Waals surface area contributed by atoms with Crippen molar-refractivity contribution in [2.24, 2.45) is 5.73 Å². The van der Waals surface area contributed by atoms with Gasteiger partial charge in [0.2, 0.25) is 0 Å². The molecular formula is C21H19N3O3. The molecule has 0 bridgehead atoms. The van der Waals surface area contributed by atoms with Crippen molar-refractivity contribution in [3.63, 3.8) is 0 Å². The largest absolute Gasteiger partial charge is 0.489 e. The molecule has 1 aromatic heterocycles. The van der Waals surface area contributed by atoms with Gasteiger partial charge in [0.05, 0.1) is 0 Å². The second-order valence-electron chi connectivity index (χ2n) is 6.64. The van der Waals surface area contributed by atoms with Gasteiger partial charge in [-0.3, -0.25) is 14.6 Å². The van der Waals surface area contributed by atoms with E-state index in [4.69, 9.17) is 10.5 Å². The van der Waals surface area contributed by atoms with Crippen LogP contribution in [0.1, 0.15) is 39.3 Å². The molecule has 4 rings (SSSR count). The summed E-state index contributed by atoms with van der Waals surface area (Å²) in [4.78, 5) is 27.5. The number of hydrogen-bond acceptors (Lipinski definition) is 4. The quantitative estimate of drug-likeness (QED) is 0.706. The van der Waals surface area contributed by atoms with E-state index in [0.717, 1.165) is 29.2 Å². The number of nitrogens with zero attached hydrogens (tertiary/aromatic N) is 1. The number of carbonyl (C=O) groups excluding carboxylic acids is 2. The van der Waals surface area contributed by atoms with E-state index in [9.17, 15) is 9.59 Å². The number of carbonyl (C=O) groups is 2. The van der Waals surface area contributed by atoms with Crippen molar-refractivity contribution in [3.05, 3.63) is 71.5 Å². The summed E-state index contributed by atoms with van der Waals surface area (Å²) in [5, 5.41) is 4.85. The number of pyridine rings is 1. The Balaban J connectivity index is 1.52. The molecule has 1 saturated carbocycles. The van der Waals surface area contributed by atoms with Gasteiger partial charge >= 0.3 is 0 Å². The van der Waals surface area contributed by atoms with Crippen LogP contribution in [-0.2, 0) is 6.61 Å². The first-order valence-electron chi connectivity index (χ1n) is 8.81. The molecule has 3 aromatic rings. The highest BCUT2D eigenvalue weighted by Crippen LogP contribution is 2.26. The Bertz CT molecular complexity index is 1030. The SMILES string of the molecule is NC(=O)c1cc(COc2ccc3c(C(=O)NC4CC4)cccc3c2)ccn1. The number of nitrogens with one attached hydrogen (secondary N) is 1. The molecule has 27 heavy (non-hydrogen) atoms. The number of nitrogens with two attached hydrogens (primary N) is 1. The molecule has 0 spiro atoms. The lowest BCUT2D eigenvalue weighted by molar-refractivity contribution is 0.0951. The van der Waals surface area contributed by atoms with E-state index in [1.54, 1.807) is 12.1 Å². The zero-order valence-corrected chi connectivity index (χ0v) is 14.6. The molecule has 0 saturated heterocycles. The summed E-state index contributed by atoms with van der Waals surface area (Å²) in [6.45, 7) is 0.288.